The molecule has 0 bridgehead atoms. The van der Waals surface area contributed by atoms with Gasteiger partial charge in [-0.05, 0) is 37.3 Å². The zero-order valence-corrected chi connectivity index (χ0v) is 21.0. The van der Waals surface area contributed by atoms with Crippen LogP contribution in [0.15, 0.2) is 34.3 Å². The Kier molecular flexibility index (Phi) is 8.82. The summed E-state index contributed by atoms with van der Waals surface area (Å²) in [6.07, 6.45) is 7.13. The fourth-order valence-electron chi connectivity index (χ4n) is 4.07. The molecule has 0 saturated heterocycles. The summed E-state index contributed by atoms with van der Waals surface area (Å²) in [5.74, 6) is -0.992. The number of hydrogen-bond donors (Lipinski definition) is 2. The second kappa shape index (κ2) is 11.6. The van der Waals surface area contributed by atoms with Crippen LogP contribution in [-0.2, 0) is 4.79 Å². The van der Waals surface area contributed by atoms with Gasteiger partial charge in [-0.1, -0.05) is 63.9 Å². The maximum Gasteiger partial charge on any atom is 0.286 e. The molecular weight excluding hydrogens is 454 g/mol. The van der Waals surface area contributed by atoms with Gasteiger partial charge in [-0.3, -0.25) is 19.4 Å². The molecule has 0 aliphatic heterocycles. The average Bonchev–Trinajstić information content (AvgIpc) is 3.26. The Morgan fingerprint density at radius 1 is 1.09 bits per heavy atom. The van der Waals surface area contributed by atoms with Crippen molar-refractivity contribution in [3.8, 4) is 0 Å². The van der Waals surface area contributed by atoms with Crippen LogP contribution in [0.4, 0.5) is 0 Å². The quantitative estimate of drug-likeness (QED) is 0.383. The van der Waals surface area contributed by atoms with Crippen molar-refractivity contribution < 1.29 is 18.9 Å². The minimum atomic E-state index is -1.08. The molecule has 10 heteroatoms. The molecule has 0 spiro atoms. The van der Waals surface area contributed by atoms with Crippen LogP contribution in [0, 0.1) is 5.92 Å². The summed E-state index contributed by atoms with van der Waals surface area (Å²) in [6.45, 7) is 7.93. The van der Waals surface area contributed by atoms with Crippen LogP contribution in [0.5, 0.6) is 0 Å². The van der Waals surface area contributed by atoms with Crippen molar-refractivity contribution in [3.63, 3.8) is 0 Å². The van der Waals surface area contributed by atoms with Gasteiger partial charge < -0.3 is 15.2 Å². The normalized spacial score (nSPS) is 16.3. The van der Waals surface area contributed by atoms with Crippen LogP contribution in [0.3, 0.4) is 0 Å². The first-order chi connectivity index (χ1) is 16.2. The third-order valence-electron chi connectivity index (χ3n) is 5.73. The van der Waals surface area contributed by atoms with E-state index < -0.39 is 17.4 Å². The fourth-order valence-corrected chi connectivity index (χ4v) is 4.69. The van der Waals surface area contributed by atoms with Crippen LogP contribution >= 0.6 is 11.8 Å². The summed E-state index contributed by atoms with van der Waals surface area (Å²) < 4.78 is 5.20. The molecule has 184 valence electrons. The molecule has 2 aromatic heterocycles. The smallest absolute Gasteiger partial charge is 0.286 e. The summed E-state index contributed by atoms with van der Waals surface area (Å²) in [5.41, 5.74) is -0.645. The summed E-state index contributed by atoms with van der Waals surface area (Å²) >= 11 is 1.37. The van der Waals surface area contributed by atoms with Crippen LogP contribution < -0.4 is 10.6 Å². The molecule has 2 N–H and O–H groups in total. The van der Waals surface area contributed by atoms with E-state index in [9.17, 15) is 14.4 Å². The molecule has 1 aliphatic rings. The summed E-state index contributed by atoms with van der Waals surface area (Å²) in [7, 11) is 0. The molecule has 1 fully saturated rings. The second-order valence-corrected chi connectivity index (χ2v) is 10.9. The zero-order chi connectivity index (χ0) is 24.7. The lowest BCUT2D eigenvalue weighted by molar-refractivity contribution is -0.129. The Morgan fingerprint density at radius 2 is 1.76 bits per heavy atom. The molecule has 2 amide bonds. The van der Waals surface area contributed by atoms with Crippen LogP contribution in [0.25, 0.3) is 0 Å². The van der Waals surface area contributed by atoms with Gasteiger partial charge in [0.25, 0.3) is 11.1 Å². The van der Waals surface area contributed by atoms with Gasteiger partial charge in [0.05, 0.1) is 6.04 Å². The number of hydrogen-bond acceptors (Lipinski definition) is 8. The monoisotopic (exact) mass is 487 g/mol. The highest BCUT2D eigenvalue weighted by molar-refractivity contribution is 7.99. The molecule has 3 rings (SSSR count). The number of nitrogens with zero attached hydrogens (tertiary/aromatic N) is 3. The fraction of sp³-hybridized carbons (Fsp3) is 0.583. The third kappa shape index (κ3) is 6.65. The number of carbonyl (C=O) groups is 3. The van der Waals surface area contributed by atoms with Crippen molar-refractivity contribution >= 4 is 29.4 Å². The third-order valence-corrected chi connectivity index (χ3v) is 6.57. The van der Waals surface area contributed by atoms with Gasteiger partial charge in [0, 0.05) is 23.2 Å². The van der Waals surface area contributed by atoms with Crippen LogP contribution in [0.1, 0.15) is 87.2 Å². The minimum absolute atomic E-state index is 0.0485. The van der Waals surface area contributed by atoms with E-state index in [-0.39, 0.29) is 28.8 Å². The molecule has 1 saturated carbocycles. The van der Waals surface area contributed by atoms with Crippen LogP contribution in [-0.4, -0.2) is 49.6 Å². The van der Waals surface area contributed by atoms with Crippen LogP contribution in [0.2, 0.25) is 0 Å². The molecular formula is C24H33N5O4S. The number of pyridine rings is 1. The standard InChI is InChI=1S/C24H33N5O4S/c1-15(2)14-18(19(30)20-27-23(33-29-20)34-16(3)4)26-22(32)24(10-6-5-7-11-24)28-21(31)17-8-12-25-13-9-17/h8-9,12-13,15-16,18H,5-7,10-11,14H2,1-4H3,(H,26,32)(H,28,31)/t18-/m0/s1. The number of carbonyl (C=O) groups excluding carboxylic acids is 3. The first-order valence-corrected chi connectivity index (χ1v) is 12.7. The van der Waals surface area contributed by atoms with E-state index in [1.807, 2.05) is 27.7 Å². The van der Waals surface area contributed by atoms with E-state index in [0.717, 1.165) is 19.3 Å². The van der Waals surface area contributed by atoms with Gasteiger partial charge in [-0.25, -0.2) is 0 Å². The number of rotatable bonds is 10. The van der Waals surface area contributed by atoms with E-state index in [2.05, 4.69) is 25.8 Å². The summed E-state index contributed by atoms with van der Waals surface area (Å²) in [4.78, 5) is 47.9. The Labute approximate surface area is 204 Å². The average molecular weight is 488 g/mol. The van der Waals surface area contributed by atoms with Gasteiger partial charge in [0.15, 0.2) is 0 Å². The first-order valence-electron chi connectivity index (χ1n) is 11.8. The van der Waals surface area contributed by atoms with Gasteiger partial charge in [-0.15, -0.1) is 0 Å². The highest BCUT2D eigenvalue weighted by Crippen LogP contribution is 2.30. The Hall–Kier alpha value is -2.75. The maximum absolute atomic E-state index is 13.6. The van der Waals surface area contributed by atoms with E-state index in [0.29, 0.717) is 30.0 Å². The second-order valence-electron chi connectivity index (χ2n) is 9.40. The predicted molar refractivity (Wildman–Crippen MR) is 129 cm³/mol. The SMILES string of the molecule is CC(C)C[C@H](NC(=O)C1(NC(=O)c2ccncc2)CCCCC1)C(=O)c1noc(SC(C)C)n1. The van der Waals surface area contributed by atoms with Gasteiger partial charge in [0.2, 0.25) is 17.5 Å². The molecule has 34 heavy (non-hydrogen) atoms. The van der Waals surface area contributed by atoms with Crippen molar-refractivity contribution in [2.45, 2.75) is 88.3 Å². The van der Waals surface area contributed by atoms with Crippen molar-refractivity contribution in [3.05, 3.63) is 35.9 Å². The van der Waals surface area contributed by atoms with E-state index in [4.69, 9.17) is 4.52 Å². The molecule has 9 nitrogen and oxygen atoms in total. The summed E-state index contributed by atoms with van der Waals surface area (Å²) in [5, 5.41) is 10.3. The molecule has 0 unspecified atom stereocenters. The zero-order valence-electron chi connectivity index (χ0n) is 20.2. The van der Waals surface area contributed by atoms with Crippen molar-refractivity contribution in [1.29, 1.82) is 0 Å². The maximum atomic E-state index is 13.6. The minimum Gasteiger partial charge on any atom is -0.344 e. The van der Waals surface area contributed by atoms with Crippen molar-refractivity contribution in [1.82, 2.24) is 25.8 Å². The lowest BCUT2D eigenvalue weighted by Crippen LogP contribution is -2.62. The van der Waals surface area contributed by atoms with Crippen molar-refractivity contribution in [2.75, 3.05) is 0 Å². The Balaban J connectivity index is 1.80. The number of amides is 2. The molecule has 0 radical (unpaired) electrons. The van der Waals surface area contributed by atoms with E-state index in [1.54, 1.807) is 12.1 Å². The van der Waals surface area contributed by atoms with Gasteiger partial charge in [0.1, 0.15) is 5.54 Å². The number of thioether (sulfide) groups is 1. The highest BCUT2D eigenvalue weighted by Gasteiger charge is 2.43. The highest BCUT2D eigenvalue weighted by atomic mass is 32.2. The topological polar surface area (TPSA) is 127 Å². The lowest BCUT2D eigenvalue weighted by atomic mass is 9.80. The predicted octanol–water partition coefficient (Wildman–Crippen LogP) is 3.81. The van der Waals surface area contributed by atoms with E-state index in [1.165, 1.54) is 24.2 Å². The van der Waals surface area contributed by atoms with Gasteiger partial charge >= 0.3 is 0 Å². The Bertz CT molecular complexity index is 986. The molecule has 2 aromatic rings. The largest absolute Gasteiger partial charge is 0.344 e. The molecule has 1 atom stereocenters. The Morgan fingerprint density at radius 3 is 2.38 bits per heavy atom. The number of nitrogens with one attached hydrogen (secondary N) is 2. The molecule has 1 aliphatic carbocycles. The lowest BCUT2D eigenvalue weighted by Gasteiger charge is -2.37. The number of Topliss-reactive ketones (excluding diaryl/α,β-unsaturated/α-hetero) is 1. The molecule has 2 heterocycles. The summed E-state index contributed by atoms with van der Waals surface area (Å²) in [6, 6.07) is 2.40. The number of aromatic nitrogens is 3. The van der Waals surface area contributed by atoms with Gasteiger partial charge in [-0.2, -0.15) is 4.98 Å². The van der Waals surface area contributed by atoms with E-state index >= 15 is 0 Å². The first kappa shape index (κ1) is 25.9. The van der Waals surface area contributed by atoms with Crippen molar-refractivity contribution in [2.24, 2.45) is 5.92 Å². The molecule has 0 aromatic carbocycles. The number of ketones is 1.